The molecule has 190 valence electrons. The minimum absolute atomic E-state index is 0.0849. The standard InChI is InChI=1S/C26H34N8O2/c1-17-6-7-18(15-21(17)36-3)24-23-25(27)28-16-29-26(23)34(31-24)20-10-13-33(14-11-20)30-22(35)5-4-12-32(2)19-8-9-19/h4-7,15-16,19-20H,8-14H2,1-3H3,(H,30,35)(H2,27,28,29)/b5-4+. The Morgan fingerprint density at radius 2 is 2.03 bits per heavy atom. The molecule has 1 amide bonds. The Balaban J connectivity index is 1.29. The van der Waals surface area contributed by atoms with Crippen molar-refractivity contribution in [1.29, 1.82) is 0 Å². The monoisotopic (exact) mass is 490 g/mol. The number of carbonyl (C=O) groups is 1. The van der Waals surface area contributed by atoms with Crippen LogP contribution in [0.15, 0.2) is 36.7 Å². The number of aryl methyl sites for hydroxylation is 1. The molecule has 2 aromatic heterocycles. The number of benzene rings is 1. The van der Waals surface area contributed by atoms with Crippen LogP contribution in [0.1, 0.15) is 37.3 Å². The lowest BCUT2D eigenvalue weighted by molar-refractivity contribution is -0.121. The molecule has 1 aliphatic heterocycles. The molecule has 2 aliphatic rings. The number of ether oxygens (including phenoxy) is 1. The van der Waals surface area contributed by atoms with Crippen LogP contribution in [0.2, 0.25) is 0 Å². The van der Waals surface area contributed by atoms with Gasteiger partial charge in [-0.15, -0.1) is 0 Å². The Labute approximate surface area is 211 Å². The first-order valence-corrected chi connectivity index (χ1v) is 12.5. The Hall–Kier alpha value is -3.50. The van der Waals surface area contributed by atoms with Gasteiger partial charge in [0.1, 0.15) is 23.6 Å². The number of anilines is 1. The fourth-order valence-electron chi connectivity index (χ4n) is 4.83. The number of likely N-dealkylation sites (N-methyl/N-ethyl adjacent to an activating group) is 1. The van der Waals surface area contributed by atoms with Crippen LogP contribution in [0.5, 0.6) is 5.75 Å². The van der Waals surface area contributed by atoms with E-state index in [9.17, 15) is 4.79 Å². The van der Waals surface area contributed by atoms with Crippen LogP contribution in [-0.2, 0) is 4.79 Å². The highest BCUT2D eigenvalue weighted by Gasteiger charge is 2.27. The van der Waals surface area contributed by atoms with E-state index in [1.165, 1.54) is 19.2 Å². The number of rotatable bonds is 8. The van der Waals surface area contributed by atoms with Crippen LogP contribution in [-0.4, -0.2) is 75.4 Å². The Bertz CT molecular complexity index is 1270. The minimum Gasteiger partial charge on any atom is -0.496 e. The molecule has 0 unspecified atom stereocenters. The first kappa shape index (κ1) is 24.2. The zero-order valence-corrected chi connectivity index (χ0v) is 21.1. The minimum atomic E-state index is -0.0849. The van der Waals surface area contributed by atoms with E-state index in [0.29, 0.717) is 11.9 Å². The summed E-state index contributed by atoms with van der Waals surface area (Å²) in [6.07, 6.45) is 9.22. The molecule has 0 bridgehead atoms. The topological polar surface area (TPSA) is 114 Å². The third kappa shape index (κ3) is 5.05. The molecule has 1 saturated carbocycles. The average Bonchev–Trinajstić information content (AvgIpc) is 3.66. The maximum absolute atomic E-state index is 12.4. The highest BCUT2D eigenvalue weighted by molar-refractivity contribution is 5.98. The number of fused-ring (bicyclic) bond motifs is 1. The van der Waals surface area contributed by atoms with Gasteiger partial charge in [-0.25, -0.2) is 19.7 Å². The van der Waals surface area contributed by atoms with Crippen LogP contribution < -0.4 is 15.9 Å². The number of piperidine rings is 1. The molecule has 1 saturated heterocycles. The molecule has 3 aromatic rings. The number of amides is 1. The molecular weight excluding hydrogens is 456 g/mol. The second-order valence-corrected chi connectivity index (χ2v) is 9.70. The first-order chi connectivity index (χ1) is 17.4. The van der Waals surface area contributed by atoms with E-state index in [4.69, 9.17) is 15.6 Å². The average molecular weight is 491 g/mol. The summed E-state index contributed by atoms with van der Waals surface area (Å²) in [5.41, 5.74) is 12.7. The molecule has 5 rings (SSSR count). The second-order valence-electron chi connectivity index (χ2n) is 9.70. The van der Waals surface area contributed by atoms with Crippen molar-refractivity contribution in [3.8, 4) is 17.0 Å². The summed E-state index contributed by atoms with van der Waals surface area (Å²) in [6.45, 7) is 4.25. The number of aromatic nitrogens is 4. The number of hydrazine groups is 1. The van der Waals surface area contributed by atoms with Gasteiger partial charge < -0.3 is 10.5 Å². The summed E-state index contributed by atoms with van der Waals surface area (Å²) in [7, 11) is 3.76. The van der Waals surface area contributed by atoms with Crippen LogP contribution in [0.3, 0.4) is 0 Å². The summed E-state index contributed by atoms with van der Waals surface area (Å²) in [6, 6.07) is 6.83. The normalized spacial score (nSPS) is 17.3. The molecule has 10 heteroatoms. The summed E-state index contributed by atoms with van der Waals surface area (Å²) >= 11 is 0. The van der Waals surface area contributed by atoms with Gasteiger partial charge >= 0.3 is 0 Å². The summed E-state index contributed by atoms with van der Waals surface area (Å²) in [5, 5.41) is 7.70. The molecule has 0 atom stereocenters. The number of nitrogens with zero attached hydrogens (tertiary/aromatic N) is 6. The number of carbonyl (C=O) groups excluding carboxylic acids is 1. The van der Waals surface area contributed by atoms with E-state index in [1.807, 2.05) is 40.9 Å². The molecule has 10 nitrogen and oxygen atoms in total. The van der Waals surface area contributed by atoms with Crippen LogP contribution in [0.4, 0.5) is 5.82 Å². The van der Waals surface area contributed by atoms with Crippen molar-refractivity contribution in [1.82, 2.24) is 35.1 Å². The molecule has 0 radical (unpaired) electrons. The van der Waals surface area contributed by atoms with Crippen molar-refractivity contribution in [3.05, 3.63) is 42.2 Å². The maximum atomic E-state index is 12.4. The second kappa shape index (κ2) is 10.2. The van der Waals surface area contributed by atoms with Gasteiger partial charge in [-0.3, -0.25) is 15.1 Å². The van der Waals surface area contributed by atoms with Crippen molar-refractivity contribution < 1.29 is 9.53 Å². The Morgan fingerprint density at radius 3 is 2.75 bits per heavy atom. The van der Waals surface area contributed by atoms with E-state index >= 15 is 0 Å². The van der Waals surface area contributed by atoms with E-state index in [2.05, 4.69) is 27.3 Å². The fourth-order valence-corrected chi connectivity index (χ4v) is 4.83. The number of methoxy groups -OCH3 is 1. The quantitative estimate of drug-likeness (QED) is 0.463. The lowest BCUT2D eigenvalue weighted by Crippen LogP contribution is -2.46. The molecule has 2 fully saturated rings. The van der Waals surface area contributed by atoms with Gasteiger partial charge in [-0.05, 0) is 51.3 Å². The summed E-state index contributed by atoms with van der Waals surface area (Å²) in [5.74, 6) is 1.12. The Kier molecular flexibility index (Phi) is 6.88. The lowest BCUT2D eigenvalue weighted by Gasteiger charge is -2.31. The number of nitrogen functional groups attached to an aromatic ring is 1. The summed E-state index contributed by atoms with van der Waals surface area (Å²) in [4.78, 5) is 23.4. The Morgan fingerprint density at radius 1 is 1.25 bits per heavy atom. The molecule has 3 N–H and O–H groups in total. The van der Waals surface area contributed by atoms with Crippen molar-refractivity contribution in [2.75, 3.05) is 39.5 Å². The van der Waals surface area contributed by atoms with Gasteiger partial charge in [0.25, 0.3) is 5.91 Å². The van der Waals surface area contributed by atoms with Gasteiger partial charge in [0.15, 0.2) is 5.65 Å². The highest BCUT2D eigenvalue weighted by atomic mass is 16.5. The first-order valence-electron chi connectivity index (χ1n) is 12.5. The van der Waals surface area contributed by atoms with Crippen LogP contribution in [0, 0.1) is 6.92 Å². The number of hydrogen-bond acceptors (Lipinski definition) is 8. The van der Waals surface area contributed by atoms with Crippen molar-refractivity contribution >= 4 is 22.8 Å². The zero-order chi connectivity index (χ0) is 25.2. The van der Waals surface area contributed by atoms with Gasteiger partial charge in [-0.1, -0.05) is 18.2 Å². The molecule has 36 heavy (non-hydrogen) atoms. The van der Waals surface area contributed by atoms with Gasteiger partial charge in [-0.2, -0.15) is 5.10 Å². The highest BCUT2D eigenvalue weighted by Crippen LogP contribution is 2.35. The van der Waals surface area contributed by atoms with Crippen LogP contribution >= 0.6 is 0 Å². The molecule has 1 aromatic carbocycles. The number of hydrogen-bond donors (Lipinski definition) is 2. The van der Waals surface area contributed by atoms with Crippen molar-refractivity contribution in [3.63, 3.8) is 0 Å². The predicted octanol–water partition coefficient (Wildman–Crippen LogP) is 2.71. The maximum Gasteiger partial charge on any atom is 0.258 e. The largest absolute Gasteiger partial charge is 0.496 e. The van der Waals surface area contributed by atoms with E-state index in [1.54, 1.807) is 13.2 Å². The zero-order valence-electron chi connectivity index (χ0n) is 21.1. The molecule has 3 heterocycles. The van der Waals surface area contributed by atoms with Crippen molar-refractivity contribution in [2.45, 2.75) is 44.7 Å². The predicted molar refractivity (Wildman–Crippen MR) is 139 cm³/mol. The van der Waals surface area contributed by atoms with E-state index < -0.39 is 0 Å². The summed E-state index contributed by atoms with van der Waals surface area (Å²) < 4.78 is 7.50. The lowest BCUT2D eigenvalue weighted by atomic mass is 10.1. The van der Waals surface area contributed by atoms with Gasteiger partial charge in [0.05, 0.1) is 18.5 Å². The number of nitrogens with two attached hydrogens (primary N) is 1. The van der Waals surface area contributed by atoms with Crippen molar-refractivity contribution in [2.24, 2.45) is 0 Å². The number of nitrogens with one attached hydrogen (secondary N) is 1. The van der Waals surface area contributed by atoms with Gasteiger partial charge in [0, 0.05) is 37.3 Å². The van der Waals surface area contributed by atoms with Crippen LogP contribution in [0.25, 0.3) is 22.3 Å². The van der Waals surface area contributed by atoms with Gasteiger partial charge in [0.2, 0.25) is 0 Å². The molecule has 1 aliphatic carbocycles. The SMILES string of the molecule is COc1cc(-c2nn(C3CCN(NC(=O)/C=C/CN(C)C4CC4)CC3)c3ncnc(N)c23)ccc1C. The fraction of sp³-hybridized carbons (Fsp3) is 0.462. The van der Waals surface area contributed by atoms with E-state index in [0.717, 1.165) is 66.1 Å². The van der Waals surface area contributed by atoms with E-state index in [-0.39, 0.29) is 11.9 Å². The molecule has 0 spiro atoms. The third-order valence-electron chi connectivity index (χ3n) is 7.11. The smallest absolute Gasteiger partial charge is 0.258 e. The third-order valence-corrected chi connectivity index (χ3v) is 7.11. The molecular formula is C26H34N8O2.